The minimum Gasteiger partial charge on any atom is -0.507 e. The fourth-order valence-corrected chi connectivity index (χ4v) is 3.15. The number of hydrazone groups is 1. The van der Waals surface area contributed by atoms with E-state index in [0.29, 0.717) is 22.8 Å². The number of nitrogens with zero attached hydrogens (tertiary/aromatic N) is 3. The molecule has 0 bridgehead atoms. The van der Waals surface area contributed by atoms with Crippen molar-refractivity contribution in [3.05, 3.63) is 29.8 Å². The topological polar surface area (TPSA) is 99.2 Å². The van der Waals surface area contributed by atoms with E-state index in [1.54, 1.807) is 18.2 Å². The molecule has 2 aliphatic rings. The lowest BCUT2D eigenvalue weighted by molar-refractivity contribution is -0.129. The van der Waals surface area contributed by atoms with Crippen LogP contribution in [0.25, 0.3) is 0 Å². The predicted molar refractivity (Wildman–Crippen MR) is 84.9 cm³/mol. The number of rotatable bonds is 3. The van der Waals surface area contributed by atoms with Gasteiger partial charge in [0.25, 0.3) is 5.91 Å². The molecule has 2 heterocycles. The number of nitrogens with two attached hydrogens (primary N) is 1. The number of phenols is 1. The summed E-state index contributed by atoms with van der Waals surface area (Å²) in [4.78, 5) is 26.2. The molecule has 122 valence electrons. The molecule has 0 unspecified atom stereocenters. The van der Waals surface area contributed by atoms with Gasteiger partial charge in [-0.15, -0.1) is 5.01 Å². The molecule has 7 heteroatoms. The summed E-state index contributed by atoms with van der Waals surface area (Å²) in [6, 6.07) is 5.78. The van der Waals surface area contributed by atoms with E-state index in [1.807, 2.05) is 0 Å². The Labute approximate surface area is 134 Å². The lowest BCUT2D eigenvalue weighted by Gasteiger charge is -2.28. The van der Waals surface area contributed by atoms with Gasteiger partial charge in [-0.05, 0) is 38.1 Å². The smallest absolute Gasteiger partial charge is 0.342 e. The lowest BCUT2D eigenvalue weighted by Crippen LogP contribution is -2.42. The van der Waals surface area contributed by atoms with Crippen LogP contribution in [-0.2, 0) is 4.79 Å². The molecule has 3 N–H and O–H groups in total. The Morgan fingerprint density at radius 1 is 1.26 bits per heavy atom. The van der Waals surface area contributed by atoms with E-state index in [-0.39, 0.29) is 5.75 Å². The van der Waals surface area contributed by atoms with Crippen molar-refractivity contribution in [2.24, 2.45) is 16.8 Å². The summed E-state index contributed by atoms with van der Waals surface area (Å²) in [5.74, 6) is -0.982. The third kappa shape index (κ3) is 3.05. The fraction of sp³-hybridized carbons (Fsp3) is 0.438. The van der Waals surface area contributed by atoms with Crippen molar-refractivity contribution in [3.8, 4) is 5.75 Å². The van der Waals surface area contributed by atoms with Crippen LogP contribution in [0.4, 0.5) is 4.79 Å². The predicted octanol–water partition coefficient (Wildman–Crippen LogP) is 1.12. The van der Waals surface area contributed by atoms with Crippen LogP contribution in [0.1, 0.15) is 24.8 Å². The highest BCUT2D eigenvalue weighted by atomic mass is 16.3. The van der Waals surface area contributed by atoms with E-state index in [1.165, 1.54) is 12.5 Å². The Bertz CT molecular complexity index is 652. The molecule has 2 aliphatic heterocycles. The molecule has 1 aromatic rings. The third-order valence-corrected chi connectivity index (χ3v) is 4.32. The zero-order valence-electron chi connectivity index (χ0n) is 12.8. The van der Waals surface area contributed by atoms with Gasteiger partial charge in [0.15, 0.2) is 0 Å². The molecule has 0 aromatic heterocycles. The first-order valence-electron chi connectivity index (χ1n) is 7.80. The standard InChI is InChI=1S/C16H20N4O3/c17-16(23)20-15(22)12(10-19-8-4-1-5-9-19)14(18-20)11-6-2-3-7-13(11)21/h2-3,6-7,12,21H,1,4-5,8-10H2,(H2,17,23)/t12-/m0/s1. The van der Waals surface area contributed by atoms with Gasteiger partial charge in [0.1, 0.15) is 5.75 Å². The maximum absolute atomic E-state index is 12.5. The zero-order valence-corrected chi connectivity index (χ0v) is 12.8. The van der Waals surface area contributed by atoms with E-state index in [9.17, 15) is 14.7 Å². The molecule has 1 aromatic carbocycles. The minimum absolute atomic E-state index is 0.0361. The second kappa shape index (κ2) is 6.37. The van der Waals surface area contributed by atoms with Gasteiger partial charge in [-0.25, -0.2) is 4.79 Å². The van der Waals surface area contributed by atoms with Crippen LogP contribution in [0.15, 0.2) is 29.4 Å². The average Bonchev–Trinajstić information content (AvgIpc) is 2.86. The van der Waals surface area contributed by atoms with Crippen LogP contribution >= 0.6 is 0 Å². The molecule has 1 fully saturated rings. The number of piperidine rings is 1. The molecule has 0 saturated carbocycles. The minimum atomic E-state index is -0.899. The van der Waals surface area contributed by atoms with Gasteiger partial charge < -0.3 is 15.7 Å². The normalized spacial score (nSPS) is 22.3. The summed E-state index contributed by atoms with van der Waals surface area (Å²) < 4.78 is 0. The second-order valence-electron chi connectivity index (χ2n) is 5.90. The van der Waals surface area contributed by atoms with E-state index in [4.69, 9.17) is 5.73 Å². The van der Waals surface area contributed by atoms with Crippen molar-refractivity contribution in [1.29, 1.82) is 0 Å². The summed E-state index contributed by atoms with van der Waals surface area (Å²) in [7, 11) is 0. The van der Waals surface area contributed by atoms with Gasteiger partial charge in [0, 0.05) is 12.1 Å². The van der Waals surface area contributed by atoms with Crippen LogP contribution in [0, 0.1) is 5.92 Å². The number of imide groups is 1. The maximum Gasteiger partial charge on any atom is 0.342 e. The van der Waals surface area contributed by atoms with E-state index in [0.717, 1.165) is 25.9 Å². The Morgan fingerprint density at radius 2 is 1.96 bits per heavy atom. The first kappa shape index (κ1) is 15.5. The van der Waals surface area contributed by atoms with Gasteiger partial charge >= 0.3 is 6.03 Å². The van der Waals surface area contributed by atoms with Crippen molar-refractivity contribution < 1.29 is 14.7 Å². The summed E-state index contributed by atoms with van der Waals surface area (Å²) >= 11 is 0. The summed E-state index contributed by atoms with van der Waals surface area (Å²) in [6.07, 6.45) is 3.40. The van der Waals surface area contributed by atoms with Gasteiger partial charge in [-0.1, -0.05) is 18.6 Å². The van der Waals surface area contributed by atoms with Gasteiger partial charge in [-0.2, -0.15) is 5.10 Å². The first-order valence-corrected chi connectivity index (χ1v) is 7.80. The summed E-state index contributed by atoms with van der Waals surface area (Å²) in [6.45, 7) is 2.33. The van der Waals surface area contributed by atoms with Crippen molar-refractivity contribution in [1.82, 2.24) is 9.91 Å². The van der Waals surface area contributed by atoms with Crippen LogP contribution < -0.4 is 5.73 Å². The van der Waals surface area contributed by atoms with Crippen molar-refractivity contribution >= 4 is 17.6 Å². The number of hydrogen-bond donors (Lipinski definition) is 2. The quantitative estimate of drug-likeness (QED) is 0.873. The fourth-order valence-electron chi connectivity index (χ4n) is 3.15. The molecule has 0 aliphatic carbocycles. The number of carbonyl (C=O) groups excluding carboxylic acids is 2. The largest absolute Gasteiger partial charge is 0.507 e. The Hall–Kier alpha value is -2.41. The van der Waals surface area contributed by atoms with E-state index >= 15 is 0 Å². The summed E-state index contributed by atoms with van der Waals surface area (Å²) in [5.41, 5.74) is 6.11. The van der Waals surface area contributed by atoms with Gasteiger partial charge in [-0.3, -0.25) is 4.79 Å². The van der Waals surface area contributed by atoms with E-state index < -0.39 is 17.9 Å². The molecule has 1 saturated heterocycles. The van der Waals surface area contributed by atoms with Gasteiger partial charge in [0.05, 0.1) is 11.6 Å². The molecule has 23 heavy (non-hydrogen) atoms. The Kier molecular flexibility index (Phi) is 4.29. The second-order valence-corrected chi connectivity index (χ2v) is 5.90. The highest BCUT2D eigenvalue weighted by molar-refractivity contribution is 6.20. The van der Waals surface area contributed by atoms with Crippen molar-refractivity contribution in [2.45, 2.75) is 19.3 Å². The highest BCUT2D eigenvalue weighted by Crippen LogP contribution is 2.27. The van der Waals surface area contributed by atoms with Gasteiger partial charge in [0.2, 0.25) is 0 Å². The molecule has 7 nitrogen and oxygen atoms in total. The average molecular weight is 316 g/mol. The number of amides is 3. The van der Waals surface area contributed by atoms with Crippen LogP contribution in [0.5, 0.6) is 5.75 Å². The number of para-hydroxylation sites is 1. The zero-order chi connectivity index (χ0) is 16.4. The molecule has 3 amide bonds. The number of benzene rings is 1. The monoisotopic (exact) mass is 316 g/mol. The number of primary amides is 1. The number of aromatic hydroxyl groups is 1. The summed E-state index contributed by atoms with van der Waals surface area (Å²) in [5, 5.41) is 14.9. The van der Waals surface area contributed by atoms with Crippen LogP contribution in [-0.4, -0.2) is 52.3 Å². The molecule has 0 radical (unpaired) electrons. The number of carbonyl (C=O) groups is 2. The number of hydrogen-bond acceptors (Lipinski definition) is 5. The van der Waals surface area contributed by atoms with Crippen molar-refractivity contribution in [3.63, 3.8) is 0 Å². The first-order chi connectivity index (χ1) is 11.1. The number of urea groups is 1. The lowest BCUT2D eigenvalue weighted by atomic mass is 9.95. The Balaban J connectivity index is 1.91. The number of likely N-dealkylation sites (tertiary alicyclic amines) is 1. The molecule has 3 rings (SSSR count). The maximum atomic E-state index is 12.5. The molecule has 1 atom stereocenters. The highest BCUT2D eigenvalue weighted by Gasteiger charge is 2.40. The molecular formula is C16H20N4O3. The molecular weight excluding hydrogens is 296 g/mol. The number of phenolic OH excluding ortho intramolecular Hbond substituents is 1. The Morgan fingerprint density at radius 3 is 2.61 bits per heavy atom. The third-order valence-electron chi connectivity index (χ3n) is 4.32. The SMILES string of the molecule is NC(=O)N1N=C(c2ccccc2O)[C@H](CN2CCCCC2)C1=O. The van der Waals surface area contributed by atoms with Crippen molar-refractivity contribution in [2.75, 3.05) is 19.6 Å². The van der Waals surface area contributed by atoms with E-state index in [2.05, 4.69) is 10.0 Å². The molecule has 0 spiro atoms. The van der Waals surface area contributed by atoms with Crippen LogP contribution in [0.2, 0.25) is 0 Å². The van der Waals surface area contributed by atoms with Crippen LogP contribution in [0.3, 0.4) is 0 Å².